The van der Waals surface area contributed by atoms with E-state index in [-0.39, 0.29) is 0 Å². The van der Waals surface area contributed by atoms with Gasteiger partial charge in [0.05, 0.1) is 0 Å². The molecule has 1 nitrogen and oxygen atoms in total. The van der Waals surface area contributed by atoms with Crippen molar-refractivity contribution in [3.8, 4) is 0 Å². The molecule has 0 aliphatic carbocycles. The van der Waals surface area contributed by atoms with Gasteiger partial charge in [-0.05, 0) is 19.1 Å². The van der Waals surface area contributed by atoms with Gasteiger partial charge in [-0.15, -0.1) is 11.8 Å². The van der Waals surface area contributed by atoms with E-state index < -0.39 is 6.17 Å². The average Bonchev–Trinajstić information content (AvgIpc) is 2.15. The van der Waals surface area contributed by atoms with Crippen molar-refractivity contribution in [3.05, 3.63) is 29.8 Å². The van der Waals surface area contributed by atoms with Gasteiger partial charge in [-0.3, -0.25) is 4.79 Å². The summed E-state index contributed by atoms with van der Waals surface area (Å²) in [4.78, 5) is 11.3. The summed E-state index contributed by atoms with van der Waals surface area (Å²) in [6.07, 6.45) is 0.00224. The molecule has 0 heterocycles. The molecule has 1 unspecified atom stereocenters. The molecule has 0 aliphatic rings. The molecule has 1 aromatic rings. The Morgan fingerprint density at radius 3 is 2.54 bits per heavy atom. The molecule has 0 aliphatic heterocycles. The van der Waals surface area contributed by atoms with Crippen LogP contribution in [0.4, 0.5) is 4.39 Å². The van der Waals surface area contributed by atoms with Crippen LogP contribution in [0.15, 0.2) is 29.2 Å². The number of aldehydes is 1. The molecule has 70 valence electrons. The highest BCUT2D eigenvalue weighted by Crippen LogP contribution is 2.19. The fourth-order valence-corrected chi connectivity index (χ4v) is 1.60. The highest BCUT2D eigenvalue weighted by atomic mass is 32.2. The second kappa shape index (κ2) is 5.02. The summed E-state index contributed by atoms with van der Waals surface area (Å²) >= 11 is 1.46. The molecule has 13 heavy (non-hydrogen) atoms. The summed E-state index contributed by atoms with van der Waals surface area (Å²) in [5.74, 6) is 0.459. The average molecular weight is 198 g/mol. The number of rotatable bonds is 4. The molecule has 1 atom stereocenters. The number of benzene rings is 1. The Labute approximate surface area is 81.3 Å². The van der Waals surface area contributed by atoms with Crippen LogP contribution in [0.25, 0.3) is 0 Å². The Balaban J connectivity index is 2.54. The molecule has 0 saturated carbocycles. The molecule has 0 fully saturated rings. The summed E-state index contributed by atoms with van der Waals surface area (Å²) in [5.41, 5.74) is 0.651. The first-order valence-electron chi connectivity index (χ1n) is 4.04. The first kappa shape index (κ1) is 10.3. The van der Waals surface area contributed by atoms with Crippen molar-refractivity contribution in [2.45, 2.75) is 18.0 Å². The molecular weight excluding hydrogens is 187 g/mol. The zero-order valence-corrected chi connectivity index (χ0v) is 8.18. The third kappa shape index (κ3) is 3.59. The van der Waals surface area contributed by atoms with Gasteiger partial charge in [-0.2, -0.15) is 0 Å². The quantitative estimate of drug-likeness (QED) is 0.546. The second-order valence-electron chi connectivity index (χ2n) is 2.78. The smallest absolute Gasteiger partial charge is 0.150 e. The SMILES string of the molecule is CC(F)CSc1ccc(C=O)cc1. The second-order valence-corrected chi connectivity index (χ2v) is 3.87. The Morgan fingerprint density at radius 2 is 2.08 bits per heavy atom. The van der Waals surface area contributed by atoms with Gasteiger partial charge < -0.3 is 0 Å². The predicted molar refractivity (Wildman–Crippen MR) is 53.1 cm³/mol. The van der Waals surface area contributed by atoms with Crippen LogP contribution in [0.1, 0.15) is 17.3 Å². The zero-order valence-electron chi connectivity index (χ0n) is 7.37. The third-order valence-corrected chi connectivity index (χ3v) is 2.73. The lowest BCUT2D eigenvalue weighted by Gasteiger charge is -2.01. The van der Waals surface area contributed by atoms with Gasteiger partial charge in [0.15, 0.2) is 0 Å². The van der Waals surface area contributed by atoms with Crippen LogP contribution in [0.5, 0.6) is 0 Å². The van der Waals surface area contributed by atoms with Crippen molar-refractivity contribution >= 4 is 18.0 Å². The minimum Gasteiger partial charge on any atom is -0.298 e. The molecule has 0 spiro atoms. The Hall–Kier alpha value is -0.830. The van der Waals surface area contributed by atoms with Gasteiger partial charge in [0.1, 0.15) is 12.5 Å². The molecule has 0 aromatic heterocycles. The molecule has 1 aromatic carbocycles. The van der Waals surface area contributed by atoms with Crippen molar-refractivity contribution in [1.29, 1.82) is 0 Å². The fraction of sp³-hybridized carbons (Fsp3) is 0.300. The number of carbonyl (C=O) groups is 1. The van der Waals surface area contributed by atoms with Gasteiger partial charge in [0.2, 0.25) is 0 Å². The van der Waals surface area contributed by atoms with Gasteiger partial charge >= 0.3 is 0 Å². The van der Waals surface area contributed by atoms with Crippen LogP contribution >= 0.6 is 11.8 Å². The molecular formula is C10H11FOS. The number of halogens is 1. The van der Waals surface area contributed by atoms with Gasteiger partial charge in [0.25, 0.3) is 0 Å². The third-order valence-electron chi connectivity index (χ3n) is 1.50. The lowest BCUT2D eigenvalue weighted by molar-refractivity contribution is 0.112. The van der Waals surface area contributed by atoms with E-state index in [9.17, 15) is 9.18 Å². The lowest BCUT2D eigenvalue weighted by atomic mass is 10.2. The van der Waals surface area contributed by atoms with Crippen molar-refractivity contribution < 1.29 is 9.18 Å². The molecule has 0 saturated heterocycles. The van der Waals surface area contributed by atoms with Gasteiger partial charge in [0, 0.05) is 16.2 Å². The van der Waals surface area contributed by atoms with Gasteiger partial charge in [-0.1, -0.05) is 12.1 Å². The first-order chi connectivity index (χ1) is 6.22. The summed E-state index contributed by atoms with van der Waals surface area (Å²) in [7, 11) is 0. The van der Waals surface area contributed by atoms with E-state index in [0.29, 0.717) is 11.3 Å². The lowest BCUT2D eigenvalue weighted by Crippen LogP contribution is -1.95. The first-order valence-corrected chi connectivity index (χ1v) is 5.03. The molecule has 0 amide bonds. The van der Waals surface area contributed by atoms with Crippen molar-refractivity contribution in [3.63, 3.8) is 0 Å². The minimum absolute atomic E-state index is 0.459. The maximum atomic E-state index is 12.5. The van der Waals surface area contributed by atoms with E-state index in [2.05, 4.69) is 0 Å². The highest BCUT2D eigenvalue weighted by molar-refractivity contribution is 7.99. The maximum absolute atomic E-state index is 12.5. The van der Waals surface area contributed by atoms with Crippen molar-refractivity contribution in [2.75, 3.05) is 5.75 Å². The van der Waals surface area contributed by atoms with E-state index in [1.54, 1.807) is 12.1 Å². The Kier molecular flexibility index (Phi) is 3.96. The van der Waals surface area contributed by atoms with Crippen LogP contribution in [0.3, 0.4) is 0 Å². The monoisotopic (exact) mass is 198 g/mol. The van der Waals surface area contributed by atoms with Gasteiger partial charge in [-0.25, -0.2) is 4.39 Å². The minimum atomic E-state index is -0.796. The van der Waals surface area contributed by atoms with Crippen molar-refractivity contribution in [1.82, 2.24) is 0 Å². The maximum Gasteiger partial charge on any atom is 0.150 e. The predicted octanol–water partition coefficient (Wildman–Crippen LogP) is 2.95. The van der Waals surface area contributed by atoms with Crippen LogP contribution in [-0.2, 0) is 0 Å². The molecule has 3 heteroatoms. The van der Waals surface area contributed by atoms with E-state index in [0.717, 1.165) is 11.2 Å². The van der Waals surface area contributed by atoms with Crippen LogP contribution in [-0.4, -0.2) is 18.2 Å². The molecule has 0 radical (unpaired) electrons. The Bertz CT molecular complexity index is 269. The zero-order chi connectivity index (χ0) is 9.68. The topological polar surface area (TPSA) is 17.1 Å². The van der Waals surface area contributed by atoms with E-state index in [1.165, 1.54) is 18.7 Å². The van der Waals surface area contributed by atoms with Crippen LogP contribution in [0, 0.1) is 0 Å². The summed E-state index contributed by atoms with van der Waals surface area (Å²) in [6, 6.07) is 7.13. The largest absolute Gasteiger partial charge is 0.298 e. The fourth-order valence-electron chi connectivity index (χ4n) is 0.854. The number of hydrogen-bond acceptors (Lipinski definition) is 2. The summed E-state index contributed by atoms with van der Waals surface area (Å²) < 4.78 is 12.5. The number of thioether (sulfide) groups is 1. The molecule has 0 N–H and O–H groups in total. The molecule has 0 bridgehead atoms. The number of hydrogen-bond donors (Lipinski definition) is 0. The van der Waals surface area contributed by atoms with E-state index in [4.69, 9.17) is 0 Å². The van der Waals surface area contributed by atoms with Crippen LogP contribution < -0.4 is 0 Å². The van der Waals surface area contributed by atoms with Crippen LogP contribution in [0.2, 0.25) is 0 Å². The normalized spacial score (nSPS) is 12.5. The summed E-state index contributed by atoms with van der Waals surface area (Å²) in [5, 5.41) is 0. The Morgan fingerprint density at radius 1 is 1.46 bits per heavy atom. The van der Waals surface area contributed by atoms with E-state index >= 15 is 0 Å². The number of carbonyl (C=O) groups excluding carboxylic acids is 1. The molecule has 1 rings (SSSR count). The van der Waals surface area contributed by atoms with E-state index in [1.807, 2.05) is 12.1 Å². The van der Waals surface area contributed by atoms with Crippen molar-refractivity contribution in [2.24, 2.45) is 0 Å². The number of alkyl halides is 1. The standard InChI is InChI=1S/C10H11FOS/c1-8(11)7-13-10-4-2-9(6-12)3-5-10/h2-6,8H,7H2,1H3. The summed E-state index contributed by atoms with van der Waals surface area (Å²) in [6.45, 7) is 1.53. The highest BCUT2D eigenvalue weighted by Gasteiger charge is 1.99.